The second kappa shape index (κ2) is 12.0. The lowest BCUT2D eigenvalue weighted by atomic mass is 10.0. The predicted molar refractivity (Wildman–Crippen MR) is 121 cm³/mol. The van der Waals surface area contributed by atoms with Crippen LogP contribution in [0.25, 0.3) is 0 Å². The standard InChI is InChI=1S/C20H32N4O2.HI/c1-16-9-7-8-14-24(16)19(25)12-13-22-20(21-2)23(3)15-17-10-5-6-11-18(17)26-4;/h5-6,10-11,16H,7-9,12-15H2,1-4H3,(H,21,22);1H. The molecule has 1 saturated heterocycles. The van der Waals surface area contributed by atoms with Gasteiger partial charge in [-0.2, -0.15) is 0 Å². The molecule has 0 aliphatic carbocycles. The van der Waals surface area contributed by atoms with Gasteiger partial charge in [-0.1, -0.05) is 18.2 Å². The molecule has 1 aromatic carbocycles. The molecule has 27 heavy (non-hydrogen) atoms. The molecule has 1 amide bonds. The Balaban J connectivity index is 0.00000364. The average Bonchev–Trinajstić information content (AvgIpc) is 2.65. The van der Waals surface area contributed by atoms with Crippen LogP contribution >= 0.6 is 24.0 Å². The van der Waals surface area contributed by atoms with E-state index in [2.05, 4.69) is 17.2 Å². The topological polar surface area (TPSA) is 57.2 Å². The van der Waals surface area contributed by atoms with Crippen LogP contribution in [0.5, 0.6) is 5.75 Å². The Morgan fingerprint density at radius 2 is 2.11 bits per heavy atom. The fourth-order valence-electron chi connectivity index (χ4n) is 3.44. The summed E-state index contributed by atoms with van der Waals surface area (Å²) in [4.78, 5) is 20.8. The first-order chi connectivity index (χ1) is 12.6. The Hall–Kier alpha value is -1.51. The summed E-state index contributed by atoms with van der Waals surface area (Å²) in [6.07, 6.45) is 3.95. The van der Waals surface area contributed by atoms with E-state index in [0.717, 1.165) is 36.7 Å². The smallest absolute Gasteiger partial charge is 0.224 e. The van der Waals surface area contributed by atoms with Gasteiger partial charge in [0.2, 0.25) is 5.91 Å². The van der Waals surface area contributed by atoms with Gasteiger partial charge in [-0.05, 0) is 32.3 Å². The lowest BCUT2D eigenvalue weighted by molar-refractivity contribution is -0.134. The zero-order valence-electron chi connectivity index (χ0n) is 16.9. The molecule has 2 rings (SSSR count). The Bertz CT molecular complexity index is 624. The van der Waals surface area contributed by atoms with Crippen LogP contribution in [0.2, 0.25) is 0 Å². The van der Waals surface area contributed by atoms with Crippen LogP contribution in [0, 0.1) is 0 Å². The number of nitrogens with one attached hydrogen (secondary N) is 1. The maximum absolute atomic E-state index is 12.4. The number of aliphatic imine (C=N–C) groups is 1. The maximum Gasteiger partial charge on any atom is 0.224 e. The van der Waals surface area contributed by atoms with Crippen molar-refractivity contribution < 1.29 is 9.53 Å². The van der Waals surface area contributed by atoms with Gasteiger partial charge in [0, 0.05) is 51.8 Å². The van der Waals surface area contributed by atoms with E-state index >= 15 is 0 Å². The van der Waals surface area contributed by atoms with Crippen LogP contribution in [0.1, 0.15) is 38.2 Å². The van der Waals surface area contributed by atoms with Gasteiger partial charge >= 0.3 is 0 Å². The molecule has 0 aromatic heterocycles. The highest BCUT2D eigenvalue weighted by Gasteiger charge is 2.22. The van der Waals surface area contributed by atoms with Gasteiger partial charge in [0.15, 0.2) is 5.96 Å². The number of guanidine groups is 1. The summed E-state index contributed by atoms with van der Waals surface area (Å²) in [6, 6.07) is 8.33. The third-order valence-corrected chi connectivity index (χ3v) is 4.92. The molecule has 152 valence electrons. The molecule has 0 radical (unpaired) electrons. The summed E-state index contributed by atoms with van der Waals surface area (Å²) in [5.74, 6) is 1.87. The van der Waals surface area contributed by atoms with Crippen molar-refractivity contribution >= 4 is 35.8 Å². The van der Waals surface area contributed by atoms with E-state index in [1.54, 1.807) is 14.2 Å². The van der Waals surface area contributed by atoms with Crippen molar-refractivity contribution in [2.75, 3.05) is 34.3 Å². The number of rotatable bonds is 6. The number of methoxy groups -OCH3 is 1. The van der Waals surface area contributed by atoms with Crippen LogP contribution in [0.3, 0.4) is 0 Å². The molecule has 6 nitrogen and oxygen atoms in total. The number of amides is 1. The summed E-state index contributed by atoms with van der Waals surface area (Å²) in [5.41, 5.74) is 1.10. The van der Waals surface area contributed by atoms with Crippen molar-refractivity contribution in [2.45, 2.75) is 45.2 Å². The largest absolute Gasteiger partial charge is 0.496 e. The normalized spacial score (nSPS) is 17.1. The first kappa shape index (κ1) is 23.5. The van der Waals surface area contributed by atoms with Crippen LogP contribution < -0.4 is 10.1 Å². The molecule has 0 spiro atoms. The molecule has 1 aromatic rings. The Morgan fingerprint density at radius 3 is 2.78 bits per heavy atom. The SMILES string of the molecule is CN=C(NCCC(=O)N1CCCCC1C)N(C)Cc1ccccc1OC.I. The number of carbonyl (C=O) groups excluding carboxylic acids is 1. The molecule has 1 N–H and O–H groups in total. The second-order valence-corrected chi connectivity index (χ2v) is 6.82. The molecule has 1 atom stereocenters. The van der Waals surface area contributed by atoms with Crippen molar-refractivity contribution in [2.24, 2.45) is 4.99 Å². The van der Waals surface area contributed by atoms with E-state index in [4.69, 9.17) is 4.74 Å². The van der Waals surface area contributed by atoms with Crippen molar-refractivity contribution in [3.8, 4) is 5.75 Å². The molecule has 1 heterocycles. The van der Waals surface area contributed by atoms with Crippen LogP contribution in [0.15, 0.2) is 29.3 Å². The summed E-state index contributed by atoms with van der Waals surface area (Å²) < 4.78 is 5.41. The average molecular weight is 488 g/mol. The molecule has 0 bridgehead atoms. The second-order valence-electron chi connectivity index (χ2n) is 6.82. The van der Waals surface area contributed by atoms with Crippen LogP contribution in [-0.2, 0) is 11.3 Å². The summed E-state index contributed by atoms with van der Waals surface area (Å²) >= 11 is 0. The number of hydrogen-bond acceptors (Lipinski definition) is 3. The third kappa shape index (κ3) is 6.86. The Morgan fingerprint density at radius 1 is 1.37 bits per heavy atom. The first-order valence-corrected chi connectivity index (χ1v) is 9.40. The maximum atomic E-state index is 12.4. The molecule has 1 aliphatic rings. The Kier molecular flexibility index (Phi) is 10.5. The zero-order valence-corrected chi connectivity index (χ0v) is 19.2. The number of nitrogens with zero attached hydrogens (tertiary/aromatic N) is 3. The minimum atomic E-state index is 0. The molecular weight excluding hydrogens is 455 g/mol. The monoisotopic (exact) mass is 488 g/mol. The van der Waals surface area contributed by atoms with E-state index in [-0.39, 0.29) is 29.9 Å². The fourth-order valence-corrected chi connectivity index (χ4v) is 3.44. The van der Waals surface area contributed by atoms with Crippen LogP contribution in [0.4, 0.5) is 0 Å². The molecule has 1 unspecified atom stereocenters. The Labute approximate surface area is 180 Å². The summed E-state index contributed by atoms with van der Waals surface area (Å²) in [7, 11) is 5.42. The number of carbonyl (C=O) groups is 1. The van der Waals surface area contributed by atoms with E-state index in [9.17, 15) is 4.79 Å². The van der Waals surface area contributed by atoms with E-state index in [1.807, 2.05) is 41.1 Å². The van der Waals surface area contributed by atoms with Gasteiger partial charge < -0.3 is 19.9 Å². The highest BCUT2D eigenvalue weighted by Crippen LogP contribution is 2.19. The van der Waals surface area contributed by atoms with Gasteiger partial charge in [0.1, 0.15) is 5.75 Å². The highest BCUT2D eigenvalue weighted by atomic mass is 127. The molecule has 1 fully saturated rings. The highest BCUT2D eigenvalue weighted by molar-refractivity contribution is 14.0. The minimum absolute atomic E-state index is 0. The molecular formula is C20H33IN4O2. The quantitative estimate of drug-likeness (QED) is 0.380. The number of likely N-dealkylation sites (tertiary alicyclic amines) is 1. The lowest BCUT2D eigenvalue weighted by Gasteiger charge is -2.33. The van der Waals surface area contributed by atoms with Crippen molar-refractivity contribution in [1.29, 1.82) is 0 Å². The summed E-state index contributed by atoms with van der Waals surface area (Å²) in [6.45, 7) is 4.30. The van der Waals surface area contributed by atoms with Gasteiger partial charge in [-0.25, -0.2) is 0 Å². The minimum Gasteiger partial charge on any atom is -0.496 e. The fraction of sp³-hybridized carbons (Fsp3) is 0.600. The first-order valence-electron chi connectivity index (χ1n) is 9.40. The number of benzene rings is 1. The van der Waals surface area contributed by atoms with Gasteiger partial charge in [-0.3, -0.25) is 9.79 Å². The molecule has 1 aliphatic heterocycles. The number of para-hydroxylation sites is 1. The van der Waals surface area contributed by atoms with Crippen molar-refractivity contribution in [1.82, 2.24) is 15.1 Å². The van der Waals surface area contributed by atoms with Crippen LogP contribution in [-0.4, -0.2) is 62.0 Å². The lowest BCUT2D eigenvalue weighted by Crippen LogP contribution is -2.44. The third-order valence-electron chi connectivity index (χ3n) is 4.92. The van der Waals surface area contributed by atoms with E-state index in [0.29, 0.717) is 25.6 Å². The van der Waals surface area contributed by atoms with Gasteiger partial charge in [0.25, 0.3) is 0 Å². The van der Waals surface area contributed by atoms with Crippen molar-refractivity contribution in [3.63, 3.8) is 0 Å². The number of ether oxygens (including phenoxy) is 1. The zero-order chi connectivity index (χ0) is 18.9. The molecule has 7 heteroatoms. The summed E-state index contributed by atoms with van der Waals surface area (Å²) in [5, 5.41) is 3.30. The number of hydrogen-bond donors (Lipinski definition) is 1. The predicted octanol–water partition coefficient (Wildman–Crippen LogP) is 3.11. The van der Waals surface area contributed by atoms with Crippen molar-refractivity contribution in [3.05, 3.63) is 29.8 Å². The number of halogens is 1. The van der Waals surface area contributed by atoms with E-state index in [1.165, 1.54) is 6.42 Å². The van der Waals surface area contributed by atoms with Gasteiger partial charge in [-0.15, -0.1) is 24.0 Å². The number of piperidine rings is 1. The van der Waals surface area contributed by atoms with Gasteiger partial charge in [0.05, 0.1) is 7.11 Å². The van der Waals surface area contributed by atoms with E-state index < -0.39 is 0 Å². The molecule has 0 saturated carbocycles.